The van der Waals surface area contributed by atoms with E-state index in [-0.39, 0.29) is 32.1 Å². The molecule has 0 unspecified atom stereocenters. The normalized spacial score (nSPS) is 15.3. The summed E-state index contributed by atoms with van der Waals surface area (Å²) in [6, 6.07) is 9.79. The van der Waals surface area contributed by atoms with Crippen molar-refractivity contribution < 1.29 is 22.0 Å². The maximum atomic E-state index is 14.1. The second-order valence-electron chi connectivity index (χ2n) is 7.70. The number of nitrogens with zero attached hydrogens (tertiary/aromatic N) is 3. The molecule has 0 bridgehead atoms. The van der Waals surface area contributed by atoms with Crippen LogP contribution in [0.5, 0.6) is 0 Å². The van der Waals surface area contributed by atoms with Crippen LogP contribution < -0.4 is 0 Å². The molecule has 1 aromatic heterocycles. The van der Waals surface area contributed by atoms with Crippen molar-refractivity contribution in [3.63, 3.8) is 0 Å². The molecule has 1 amide bonds. The summed E-state index contributed by atoms with van der Waals surface area (Å²) in [6.07, 6.45) is 0.683. The predicted octanol–water partition coefficient (Wildman–Crippen LogP) is 3.53. The Labute approximate surface area is 185 Å². The summed E-state index contributed by atoms with van der Waals surface area (Å²) in [5, 5.41) is 0.754. The Bertz CT molecular complexity index is 1300. The number of para-hydroxylation sites is 1. The number of benzene rings is 2. The van der Waals surface area contributed by atoms with Crippen LogP contribution in [-0.2, 0) is 16.4 Å². The first kappa shape index (κ1) is 22.3. The van der Waals surface area contributed by atoms with Crippen LogP contribution >= 0.6 is 0 Å². The molecule has 168 valence electrons. The summed E-state index contributed by atoms with van der Waals surface area (Å²) in [5.41, 5.74) is 2.96. The fraction of sp³-hybridized carbons (Fsp3) is 0.304. The third-order valence-electron chi connectivity index (χ3n) is 5.82. The second kappa shape index (κ2) is 8.55. The number of hydrogen-bond donors (Lipinski definition) is 0. The summed E-state index contributed by atoms with van der Waals surface area (Å²) >= 11 is 0. The predicted molar refractivity (Wildman–Crippen MR) is 117 cm³/mol. The van der Waals surface area contributed by atoms with Gasteiger partial charge in [0.2, 0.25) is 10.0 Å². The highest BCUT2D eigenvalue weighted by Crippen LogP contribution is 2.27. The van der Waals surface area contributed by atoms with Gasteiger partial charge in [-0.1, -0.05) is 25.1 Å². The van der Waals surface area contributed by atoms with Gasteiger partial charge >= 0.3 is 0 Å². The van der Waals surface area contributed by atoms with Crippen LogP contribution in [0.4, 0.5) is 8.78 Å². The van der Waals surface area contributed by atoms with Gasteiger partial charge in [0.05, 0.1) is 11.1 Å². The molecule has 0 saturated carbocycles. The van der Waals surface area contributed by atoms with Crippen LogP contribution in [0.3, 0.4) is 0 Å². The molecule has 0 N–H and O–H groups in total. The Hall–Kier alpha value is -2.91. The van der Waals surface area contributed by atoms with Crippen molar-refractivity contribution in [1.82, 2.24) is 14.2 Å². The minimum atomic E-state index is -4.21. The number of carbonyl (C=O) groups excluding carboxylic acids is 1. The Kier molecular flexibility index (Phi) is 5.96. The third-order valence-corrected chi connectivity index (χ3v) is 7.74. The molecular formula is C23H23F2N3O3S. The van der Waals surface area contributed by atoms with E-state index in [0.29, 0.717) is 18.1 Å². The topological polar surface area (TPSA) is 70.6 Å². The SMILES string of the molecule is CCc1nc2ccccc2c(C(=O)N2CCN(S(=O)(=O)c3cc(F)ccc3F)CC2)c1C. The van der Waals surface area contributed by atoms with Crippen molar-refractivity contribution in [1.29, 1.82) is 0 Å². The zero-order valence-corrected chi connectivity index (χ0v) is 18.6. The van der Waals surface area contributed by atoms with Crippen LogP contribution in [0, 0.1) is 18.6 Å². The molecule has 2 aromatic carbocycles. The highest BCUT2D eigenvalue weighted by Gasteiger charge is 2.33. The number of carbonyl (C=O) groups is 1. The summed E-state index contributed by atoms with van der Waals surface area (Å²) in [6.45, 7) is 4.13. The van der Waals surface area contributed by atoms with E-state index < -0.39 is 26.6 Å². The van der Waals surface area contributed by atoms with E-state index in [9.17, 15) is 22.0 Å². The minimum Gasteiger partial charge on any atom is -0.336 e. The first-order valence-electron chi connectivity index (χ1n) is 10.4. The van der Waals surface area contributed by atoms with Gasteiger partial charge in [0.1, 0.15) is 16.5 Å². The number of fused-ring (bicyclic) bond motifs is 1. The average Bonchev–Trinajstić information content (AvgIpc) is 2.80. The van der Waals surface area contributed by atoms with Crippen LogP contribution in [0.2, 0.25) is 0 Å². The highest BCUT2D eigenvalue weighted by atomic mass is 32.2. The zero-order valence-electron chi connectivity index (χ0n) is 17.8. The highest BCUT2D eigenvalue weighted by molar-refractivity contribution is 7.89. The van der Waals surface area contributed by atoms with Gasteiger partial charge < -0.3 is 4.90 Å². The van der Waals surface area contributed by atoms with E-state index in [1.807, 2.05) is 38.1 Å². The summed E-state index contributed by atoms with van der Waals surface area (Å²) in [5.74, 6) is -2.02. The quantitative estimate of drug-likeness (QED) is 0.599. The summed E-state index contributed by atoms with van der Waals surface area (Å²) in [4.78, 5) is 19.0. The molecule has 32 heavy (non-hydrogen) atoms. The van der Waals surface area contributed by atoms with E-state index in [1.165, 1.54) is 0 Å². The number of pyridine rings is 1. The molecular weight excluding hydrogens is 436 g/mol. The maximum absolute atomic E-state index is 14.1. The number of aryl methyl sites for hydroxylation is 1. The molecule has 1 saturated heterocycles. The van der Waals surface area contributed by atoms with Gasteiger partial charge in [-0.25, -0.2) is 17.2 Å². The number of sulfonamides is 1. The maximum Gasteiger partial charge on any atom is 0.254 e. The van der Waals surface area contributed by atoms with Crippen molar-refractivity contribution in [2.45, 2.75) is 25.2 Å². The fourth-order valence-corrected chi connectivity index (χ4v) is 5.58. The number of halogens is 2. The summed E-state index contributed by atoms with van der Waals surface area (Å²) < 4.78 is 54.3. The van der Waals surface area contributed by atoms with Crippen molar-refractivity contribution >= 4 is 26.8 Å². The van der Waals surface area contributed by atoms with E-state index in [0.717, 1.165) is 38.6 Å². The van der Waals surface area contributed by atoms with Crippen LogP contribution in [0.1, 0.15) is 28.5 Å². The van der Waals surface area contributed by atoms with Gasteiger partial charge in [0.15, 0.2) is 0 Å². The zero-order chi connectivity index (χ0) is 23.0. The number of amides is 1. The standard InChI is InChI=1S/C23H23F2N3O3S/c1-3-19-15(2)22(17-6-4-5-7-20(17)26-19)23(29)27-10-12-28(13-11-27)32(30,31)21-14-16(24)8-9-18(21)25/h4-9,14H,3,10-13H2,1-2H3. The Morgan fingerprint density at radius 1 is 1.06 bits per heavy atom. The molecule has 0 atom stereocenters. The van der Waals surface area contributed by atoms with Gasteiger partial charge in [-0.15, -0.1) is 0 Å². The monoisotopic (exact) mass is 459 g/mol. The Balaban J connectivity index is 1.60. The molecule has 1 aliphatic rings. The molecule has 3 aromatic rings. The molecule has 4 rings (SSSR count). The smallest absolute Gasteiger partial charge is 0.254 e. The van der Waals surface area contributed by atoms with Crippen molar-refractivity contribution in [3.05, 3.63) is 70.9 Å². The first-order valence-corrected chi connectivity index (χ1v) is 11.8. The number of hydrogen-bond acceptors (Lipinski definition) is 4. The molecule has 1 fully saturated rings. The molecule has 0 spiro atoms. The second-order valence-corrected chi connectivity index (χ2v) is 9.61. The van der Waals surface area contributed by atoms with Crippen LogP contribution in [-0.4, -0.2) is 54.7 Å². The largest absolute Gasteiger partial charge is 0.336 e. The van der Waals surface area contributed by atoms with E-state index in [2.05, 4.69) is 4.98 Å². The van der Waals surface area contributed by atoms with E-state index in [1.54, 1.807) is 4.90 Å². The van der Waals surface area contributed by atoms with E-state index >= 15 is 0 Å². The van der Waals surface area contributed by atoms with Crippen molar-refractivity contribution in [2.24, 2.45) is 0 Å². The minimum absolute atomic E-state index is 0.00722. The van der Waals surface area contributed by atoms with E-state index in [4.69, 9.17) is 0 Å². The summed E-state index contributed by atoms with van der Waals surface area (Å²) in [7, 11) is -4.21. The van der Waals surface area contributed by atoms with Gasteiger partial charge in [0.25, 0.3) is 5.91 Å². The molecule has 9 heteroatoms. The lowest BCUT2D eigenvalue weighted by atomic mass is 9.99. The van der Waals surface area contributed by atoms with Crippen molar-refractivity contribution in [2.75, 3.05) is 26.2 Å². The van der Waals surface area contributed by atoms with Gasteiger partial charge in [0, 0.05) is 37.3 Å². The number of aromatic nitrogens is 1. The molecule has 6 nitrogen and oxygen atoms in total. The molecule has 2 heterocycles. The first-order chi connectivity index (χ1) is 15.2. The third kappa shape index (κ3) is 3.86. The molecule has 1 aliphatic heterocycles. The van der Waals surface area contributed by atoms with Crippen LogP contribution in [0.25, 0.3) is 10.9 Å². The van der Waals surface area contributed by atoms with Crippen LogP contribution in [0.15, 0.2) is 47.4 Å². The lowest BCUT2D eigenvalue weighted by molar-refractivity contribution is 0.0699. The van der Waals surface area contributed by atoms with Gasteiger partial charge in [-0.3, -0.25) is 9.78 Å². The molecule has 0 aliphatic carbocycles. The van der Waals surface area contributed by atoms with Crippen molar-refractivity contribution in [3.8, 4) is 0 Å². The average molecular weight is 460 g/mol. The lowest BCUT2D eigenvalue weighted by Gasteiger charge is -2.34. The molecule has 0 radical (unpaired) electrons. The van der Waals surface area contributed by atoms with Gasteiger partial charge in [-0.05, 0) is 43.2 Å². The fourth-order valence-electron chi connectivity index (χ4n) is 4.08. The lowest BCUT2D eigenvalue weighted by Crippen LogP contribution is -2.50. The number of piperazine rings is 1. The Morgan fingerprint density at radius 3 is 2.44 bits per heavy atom. The Morgan fingerprint density at radius 2 is 1.75 bits per heavy atom. The van der Waals surface area contributed by atoms with Gasteiger partial charge in [-0.2, -0.15) is 4.31 Å². The number of rotatable bonds is 4.